The fraction of sp³-hybridized carbons (Fsp3) is 0.857. The summed E-state index contributed by atoms with van der Waals surface area (Å²) in [6.45, 7) is 5.17. The Balaban J connectivity index is 2.48. The third-order valence-corrected chi connectivity index (χ3v) is 1.85. The molecule has 58 valence electrons. The van der Waals surface area contributed by atoms with Gasteiger partial charge in [0.15, 0.2) is 0 Å². The number of rotatable bonds is 1. The average Bonchev–Trinajstić information content (AvgIpc) is 1.88. The minimum absolute atomic E-state index is 0.128. The van der Waals surface area contributed by atoms with Gasteiger partial charge in [-0.3, -0.25) is 0 Å². The molecule has 0 aliphatic carbocycles. The molecule has 0 N–H and O–H groups in total. The molecule has 1 aliphatic rings. The first-order valence-electron chi connectivity index (χ1n) is 3.44. The van der Waals surface area contributed by atoms with Crippen LogP contribution in [0.3, 0.4) is 0 Å². The Labute approximate surface area is 66.5 Å². The van der Waals surface area contributed by atoms with Gasteiger partial charge in [0.05, 0.1) is 12.7 Å². The van der Waals surface area contributed by atoms with Crippen molar-refractivity contribution in [2.24, 2.45) is 5.92 Å². The van der Waals surface area contributed by atoms with Gasteiger partial charge in [-0.2, -0.15) is 0 Å². The van der Waals surface area contributed by atoms with E-state index in [0.717, 1.165) is 4.86 Å². The summed E-state index contributed by atoms with van der Waals surface area (Å²) in [5, 5.41) is 0. The highest BCUT2D eigenvalue weighted by atomic mass is 32.1. The topological polar surface area (TPSA) is 18.5 Å². The van der Waals surface area contributed by atoms with Crippen LogP contribution >= 0.6 is 12.2 Å². The van der Waals surface area contributed by atoms with Crippen molar-refractivity contribution in [1.29, 1.82) is 0 Å². The third-order valence-electron chi connectivity index (χ3n) is 1.50. The van der Waals surface area contributed by atoms with Crippen molar-refractivity contribution in [2.75, 3.05) is 13.4 Å². The molecule has 0 amide bonds. The molecule has 1 fully saturated rings. The summed E-state index contributed by atoms with van der Waals surface area (Å²) in [6.07, 6.45) is 0.128. The molecule has 2 nitrogen and oxygen atoms in total. The lowest BCUT2D eigenvalue weighted by molar-refractivity contribution is -0.0925. The van der Waals surface area contributed by atoms with Crippen molar-refractivity contribution in [1.82, 2.24) is 0 Å². The van der Waals surface area contributed by atoms with Gasteiger partial charge >= 0.3 is 0 Å². The zero-order valence-electron chi connectivity index (χ0n) is 6.29. The van der Waals surface area contributed by atoms with Crippen molar-refractivity contribution >= 4 is 17.1 Å². The number of hydrogen-bond donors (Lipinski definition) is 0. The van der Waals surface area contributed by atoms with Crippen molar-refractivity contribution in [3.05, 3.63) is 0 Å². The largest absolute Gasteiger partial charge is 0.350 e. The van der Waals surface area contributed by atoms with Gasteiger partial charge in [0.25, 0.3) is 0 Å². The molecule has 1 unspecified atom stereocenters. The molecule has 0 bridgehead atoms. The van der Waals surface area contributed by atoms with Crippen LogP contribution in [0.1, 0.15) is 13.8 Å². The van der Waals surface area contributed by atoms with Crippen molar-refractivity contribution in [3.63, 3.8) is 0 Å². The molecular weight excluding hydrogens is 148 g/mol. The second-order valence-electron chi connectivity index (χ2n) is 2.76. The van der Waals surface area contributed by atoms with E-state index in [1.54, 1.807) is 0 Å². The number of hydrogen-bond acceptors (Lipinski definition) is 3. The van der Waals surface area contributed by atoms with Gasteiger partial charge in [-0.05, 0) is 5.92 Å². The maximum Gasteiger partial charge on any atom is 0.148 e. The molecule has 0 aromatic rings. The molecule has 0 saturated carbocycles. The molecule has 1 saturated heterocycles. The Kier molecular flexibility index (Phi) is 2.77. The highest BCUT2D eigenvalue weighted by molar-refractivity contribution is 7.80. The minimum Gasteiger partial charge on any atom is -0.350 e. The monoisotopic (exact) mass is 160 g/mol. The summed E-state index contributed by atoms with van der Waals surface area (Å²) in [4.78, 5) is 0.890. The predicted octanol–water partition coefficient (Wildman–Crippen LogP) is 1.39. The Morgan fingerprint density at radius 2 is 2.30 bits per heavy atom. The predicted molar refractivity (Wildman–Crippen MR) is 43.1 cm³/mol. The van der Waals surface area contributed by atoms with E-state index in [2.05, 4.69) is 13.8 Å². The summed E-state index contributed by atoms with van der Waals surface area (Å²) in [7, 11) is 0. The molecule has 3 heteroatoms. The van der Waals surface area contributed by atoms with Gasteiger partial charge in [-0.25, -0.2) is 0 Å². The van der Waals surface area contributed by atoms with Crippen LogP contribution in [0.5, 0.6) is 0 Å². The third kappa shape index (κ3) is 1.75. The lowest BCUT2D eigenvalue weighted by Crippen LogP contribution is -2.36. The van der Waals surface area contributed by atoms with Gasteiger partial charge in [-0.1, -0.05) is 26.1 Å². The standard InChI is InChI=1S/C7H12O2S/c1-5(2)7-6(10)3-8-4-9-7/h5,7H,3-4H2,1-2H3. The summed E-state index contributed by atoms with van der Waals surface area (Å²) in [6, 6.07) is 0. The van der Waals surface area contributed by atoms with Crippen LogP contribution < -0.4 is 0 Å². The van der Waals surface area contributed by atoms with Crippen LogP contribution in [0.2, 0.25) is 0 Å². The number of ether oxygens (including phenoxy) is 2. The van der Waals surface area contributed by atoms with Gasteiger partial charge < -0.3 is 9.47 Å². The quantitative estimate of drug-likeness (QED) is 0.540. The maximum absolute atomic E-state index is 5.29. The van der Waals surface area contributed by atoms with E-state index < -0.39 is 0 Å². The van der Waals surface area contributed by atoms with E-state index in [1.165, 1.54) is 0 Å². The second-order valence-corrected chi connectivity index (χ2v) is 3.29. The zero-order chi connectivity index (χ0) is 7.56. The van der Waals surface area contributed by atoms with Crippen LogP contribution in [0.4, 0.5) is 0 Å². The normalized spacial score (nSPS) is 27.5. The highest BCUT2D eigenvalue weighted by Crippen LogP contribution is 2.12. The molecule has 0 aromatic carbocycles. The molecule has 1 atom stereocenters. The van der Waals surface area contributed by atoms with Gasteiger partial charge in [0.2, 0.25) is 0 Å². The molecule has 1 rings (SSSR count). The van der Waals surface area contributed by atoms with Crippen molar-refractivity contribution < 1.29 is 9.47 Å². The molecule has 10 heavy (non-hydrogen) atoms. The molecule has 1 heterocycles. The van der Waals surface area contributed by atoms with Crippen LogP contribution in [0.25, 0.3) is 0 Å². The van der Waals surface area contributed by atoms with Gasteiger partial charge in [-0.15, -0.1) is 0 Å². The first kappa shape index (κ1) is 8.11. The SMILES string of the molecule is CC(C)C1OCOCC1=S. The van der Waals surface area contributed by atoms with Crippen molar-refractivity contribution in [2.45, 2.75) is 20.0 Å². The van der Waals surface area contributed by atoms with Crippen LogP contribution in [0.15, 0.2) is 0 Å². The fourth-order valence-electron chi connectivity index (χ4n) is 1.00. The Bertz CT molecular complexity index is 134. The van der Waals surface area contributed by atoms with E-state index in [1.807, 2.05) is 0 Å². The van der Waals surface area contributed by atoms with E-state index >= 15 is 0 Å². The first-order valence-corrected chi connectivity index (χ1v) is 3.84. The molecule has 0 radical (unpaired) electrons. The van der Waals surface area contributed by atoms with E-state index in [0.29, 0.717) is 19.3 Å². The van der Waals surface area contributed by atoms with Crippen molar-refractivity contribution in [3.8, 4) is 0 Å². The molecule has 1 aliphatic heterocycles. The van der Waals surface area contributed by atoms with Crippen LogP contribution in [-0.2, 0) is 9.47 Å². The van der Waals surface area contributed by atoms with E-state index in [9.17, 15) is 0 Å². The maximum atomic E-state index is 5.29. The molecule has 0 aromatic heterocycles. The van der Waals surface area contributed by atoms with Gasteiger partial charge in [0.1, 0.15) is 6.79 Å². The van der Waals surface area contributed by atoms with E-state index in [4.69, 9.17) is 21.7 Å². The Morgan fingerprint density at radius 3 is 2.70 bits per heavy atom. The zero-order valence-corrected chi connectivity index (χ0v) is 7.11. The smallest absolute Gasteiger partial charge is 0.148 e. The molecule has 0 spiro atoms. The van der Waals surface area contributed by atoms with E-state index in [-0.39, 0.29) is 6.10 Å². The lowest BCUT2D eigenvalue weighted by atomic mass is 10.0. The number of thiocarbonyl (C=S) groups is 1. The Hall–Kier alpha value is 0.01000. The minimum atomic E-state index is 0.128. The highest BCUT2D eigenvalue weighted by Gasteiger charge is 2.22. The summed E-state index contributed by atoms with van der Waals surface area (Å²) in [5.74, 6) is 0.469. The second kappa shape index (κ2) is 3.42. The lowest BCUT2D eigenvalue weighted by Gasteiger charge is -2.26. The average molecular weight is 160 g/mol. The fourth-order valence-corrected chi connectivity index (χ4v) is 1.43. The Morgan fingerprint density at radius 1 is 1.60 bits per heavy atom. The first-order chi connectivity index (χ1) is 4.72. The summed E-state index contributed by atoms with van der Waals surface area (Å²) < 4.78 is 10.3. The van der Waals surface area contributed by atoms with Crippen LogP contribution in [0, 0.1) is 5.92 Å². The molecular formula is C7H12O2S. The van der Waals surface area contributed by atoms with Gasteiger partial charge in [0, 0.05) is 4.86 Å². The summed E-state index contributed by atoms with van der Waals surface area (Å²) >= 11 is 5.05. The van der Waals surface area contributed by atoms with Crippen LogP contribution in [-0.4, -0.2) is 24.4 Å². The summed E-state index contributed by atoms with van der Waals surface area (Å²) in [5.41, 5.74) is 0.